The van der Waals surface area contributed by atoms with Gasteiger partial charge in [-0.25, -0.2) is 0 Å². The van der Waals surface area contributed by atoms with Crippen LogP contribution in [0.4, 0.5) is 0 Å². The van der Waals surface area contributed by atoms with Gasteiger partial charge in [0.1, 0.15) is 0 Å². The molecule has 1 heteroatoms. The summed E-state index contributed by atoms with van der Waals surface area (Å²) >= 11 is 0. The third-order valence-electron chi connectivity index (χ3n) is 1.92. The molecule has 0 spiro atoms. The van der Waals surface area contributed by atoms with Gasteiger partial charge in [0.05, 0.1) is 0 Å². The van der Waals surface area contributed by atoms with Crippen LogP contribution in [0.15, 0.2) is 24.4 Å². The SMILES string of the molecule is C=C1C=CCC(C)CN1C.CC. The maximum atomic E-state index is 3.93. The van der Waals surface area contributed by atoms with Gasteiger partial charge >= 0.3 is 0 Å². The van der Waals surface area contributed by atoms with E-state index in [-0.39, 0.29) is 0 Å². The van der Waals surface area contributed by atoms with Crippen LogP contribution >= 0.6 is 0 Å². The van der Waals surface area contributed by atoms with Gasteiger partial charge in [-0.2, -0.15) is 0 Å². The molecule has 0 aromatic rings. The molecule has 0 saturated carbocycles. The second-order valence-electron chi connectivity index (χ2n) is 3.12. The molecule has 0 saturated heterocycles. The first-order valence-electron chi connectivity index (χ1n) is 4.76. The average molecular weight is 167 g/mol. The lowest BCUT2D eigenvalue weighted by molar-refractivity contribution is 0.366. The van der Waals surface area contributed by atoms with Gasteiger partial charge in [-0.3, -0.25) is 0 Å². The molecule has 0 N–H and O–H groups in total. The molecule has 1 rings (SSSR count). The van der Waals surface area contributed by atoms with E-state index in [1.165, 1.54) is 6.42 Å². The van der Waals surface area contributed by atoms with Crippen LogP contribution in [0.25, 0.3) is 0 Å². The van der Waals surface area contributed by atoms with Gasteiger partial charge in [-0.05, 0) is 18.4 Å². The smallest absolute Gasteiger partial charge is 0.0287 e. The number of hydrogen-bond donors (Lipinski definition) is 0. The van der Waals surface area contributed by atoms with Crippen molar-refractivity contribution in [3.63, 3.8) is 0 Å². The first-order chi connectivity index (χ1) is 5.70. The fourth-order valence-electron chi connectivity index (χ4n) is 1.22. The predicted molar refractivity (Wildman–Crippen MR) is 56.0 cm³/mol. The Morgan fingerprint density at radius 2 is 2.08 bits per heavy atom. The normalized spacial score (nSPS) is 22.8. The molecule has 12 heavy (non-hydrogen) atoms. The summed E-state index contributed by atoms with van der Waals surface area (Å²) in [5, 5.41) is 0. The van der Waals surface area contributed by atoms with Gasteiger partial charge < -0.3 is 4.90 Å². The van der Waals surface area contributed by atoms with Crippen molar-refractivity contribution in [2.75, 3.05) is 13.6 Å². The maximum absolute atomic E-state index is 3.93. The molecular weight excluding hydrogens is 146 g/mol. The van der Waals surface area contributed by atoms with Crippen molar-refractivity contribution in [2.24, 2.45) is 5.92 Å². The van der Waals surface area contributed by atoms with Gasteiger partial charge in [-0.15, -0.1) is 0 Å². The highest BCUT2D eigenvalue weighted by Gasteiger charge is 2.08. The highest BCUT2D eigenvalue weighted by Crippen LogP contribution is 2.13. The van der Waals surface area contributed by atoms with Crippen molar-refractivity contribution in [3.8, 4) is 0 Å². The maximum Gasteiger partial charge on any atom is 0.0287 e. The third-order valence-corrected chi connectivity index (χ3v) is 1.92. The molecule has 70 valence electrons. The summed E-state index contributed by atoms with van der Waals surface area (Å²) in [4.78, 5) is 2.20. The molecule has 1 nitrogen and oxygen atoms in total. The Hall–Kier alpha value is -0.720. The summed E-state index contributed by atoms with van der Waals surface area (Å²) < 4.78 is 0. The second kappa shape index (κ2) is 5.87. The van der Waals surface area contributed by atoms with Crippen molar-refractivity contribution in [1.29, 1.82) is 0 Å². The van der Waals surface area contributed by atoms with E-state index in [9.17, 15) is 0 Å². The number of allylic oxidation sites excluding steroid dienone is 2. The monoisotopic (exact) mass is 167 g/mol. The van der Waals surface area contributed by atoms with Crippen LogP contribution < -0.4 is 0 Å². The van der Waals surface area contributed by atoms with Crippen molar-refractivity contribution >= 4 is 0 Å². The molecular formula is C11H21N. The standard InChI is InChI=1S/C9H15N.C2H6/c1-8-5-4-6-9(2)10(3)7-8;1-2/h4,6,8H,2,5,7H2,1,3H3;1-2H3. The topological polar surface area (TPSA) is 3.24 Å². The van der Waals surface area contributed by atoms with Crippen LogP contribution in [0.3, 0.4) is 0 Å². The van der Waals surface area contributed by atoms with Crippen LogP contribution in [-0.4, -0.2) is 18.5 Å². The minimum atomic E-state index is 0.764. The Morgan fingerprint density at radius 3 is 2.67 bits per heavy atom. The Morgan fingerprint density at radius 1 is 1.50 bits per heavy atom. The van der Waals surface area contributed by atoms with E-state index in [1.54, 1.807) is 0 Å². The fourth-order valence-corrected chi connectivity index (χ4v) is 1.22. The summed E-state index contributed by atoms with van der Waals surface area (Å²) in [7, 11) is 2.09. The zero-order chi connectivity index (χ0) is 9.56. The van der Waals surface area contributed by atoms with E-state index in [4.69, 9.17) is 0 Å². The molecule has 1 unspecified atom stereocenters. The lowest BCUT2D eigenvalue weighted by Gasteiger charge is -2.19. The second-order valence-corrected chi connectivity index (χ2v) is 3.12. The summed E-state index contributed by atoms with van der Waals surface area (Å²) in [6, 6.07) is 0. The Balaban J connectivity index is 0.000000561. The van der Waals surface area contributed by atoms with Gasteiger partial charge in [0, 0.05) is 19.3 Å². The van der Waals surface area contributed by atoms with E-state index in [2.05, 4.69) is 37.6 Å². The van der Waals surface area contributed by atoms with E-state index in [0.29, 0.717) is 0 Å². The summed E-state index contributed by atoms with van der Waals surface area (Å²) in [5.41, 5.74) is 1.13. The van der Waals surface area contributed by atoms with Crippen molar-refractivity contribution in [3.05, 3.63) is 24.4 Å². The van der Waals surface area contributed by atoms with E-state index in [1.807, 2.05) is 13.8 Å². The van der Waals surface area contributed by atoms with Crippen LogP contribution in [-0.2, 0) is 0 Å². The zero-order valence-electron chi connectivity index (χ0n) is 8.80. The van der Waals surface area contributed by atoms with E-state index in [0.717, 1.165) is 18.2 Å². The van der Waals surface area contributed by atoms with Crippen molar-refractivity contribution in [1.82, 2.24) is 4.90 Å². The van der Waals surface area contributed by atoms with Crippen molar-refractivity contribution in [2.45, 2.75) is 27.2 Å². The highest BCUT2D eigenvalue weighted by molar-refractivity contribution is 5.14. The molecule has 0 aromatic heterocycles. The first-order valence-corrected chi connectivity index (χ1v) is 4.76. The molecule has 0 aliphatic carbocycles. The third kappa shape index (κ3) is 3.61. The molecule has 0 amide bonds. The Bertz CT molecular complexity index is 158. The first kappa shape index (κ1) is 11.3. The quantitative estimate of drug-likeness (QED) is 0.536. The zero-order valence-corrected chi connectivity index (χ0v) is 8.80. The van der Waals surface area contributed by atoms with Gasteiger partial charge in [0.25, 0.3) is 0 Å². The number of likely N-dealkylation sites (N-methyl/N-ethyl adjacent to an activating group) is 1. The number of hydrogen-bond acceptors (Lipinski definition) is 1. The molecule has 0 radical (unpaired) electrons. The Labute approximate surface area is 76.8 Å². The lowest BCUT2D eigenvalue weighted by atomic mass is 10.1. The molecule has 0 fully saturated rings. The molecule has 1 atom stereocenters. The highest BCUT2D eigenvalue weighted by atomic mass is 15.1. The Kier molecular flexibility index (Phi) is 5.52. The molecule has 0 aromatic carbocycles. The molecule has 0 bridgehead atoms. The van der Waals surface area contributed by atoms with Gasteiger partial charge in [0.2, 0.25) is 0 Å². The number of rotatable bonds is 0. The summed E-state index contributed by atoms with van der Waals surface area (Å²) in [6.45, 7) is 11.3. The number of nitrogens with zero attached hydrogens (tertiary/aromatic N) is 1. The summed E-state index contributed by atoms with van der Waals surface area (Å²) in [5.74, 6) is 0.764. The minimum absolute atomic E-state index is 0.764. The fraction of sp³-hybridized carbons (Fsp3) is 0.636. The van der Waals surface area contributed by atoms with Gasteiger partial charge in [-0.1, -0.05) is 33.4 Å². The summed E-state index contributed by atoms with van der Waals surface area (Å²) in [6.07, 6.45) is 5.49. The van der Waals surface area contributed by atoms with Gasteiger partial charge in [0.15, 0.2) is 0 Å². The minimum Gasteiger partial charge on any atom is -0.375 e. The van der Waals surface area contributed by atoms with E-state index < -0.39 is 0 Å². The molecule has 1 heterocycles. The van der Waals surface area contributed by atoms with E-state index >= 15 is 0 Å². The largest absolute Gasteiger partial charge is 0.375 e. The van der Waals surface area contributed by atoms with Crippen molar-refractivity contribution < 1.29 is 0 Å². The average Bonchev–Trinajstić information content (AvgIpc) is 2.19. The lowest BCUT2D eigenvalue weighted by Crippen LogP contribution is -2.20. The van der Waals surface area contributed by atoms with Crippen LogP contribution in [0.5, 0.6) is 0 Å². The predicted octanol–water partition coefficient (Wildman–Crippen LogP) is 3.05. The van der Waals surface area contributed by atoms with Crippen LogP contribution in [0, 0.1) is 5.92 Å². The van der Waals surface area contributed by atoms with Crippen LogP contribution in [0.1, 0.15) is 27.2 Å². The molecule has 1 aliphatic heterocycles. The molecule has 1 aliphatic rings. The van der Waals surface area contributed by atoms with Crippen LogP contribution in [0.2, 0.25) is 0 Å².